The van der Waals surface area contributed by atoms with Gasteiger partial charge >= 0.3 is 0 Å². The first kappa shape index (κ1) is 24.3. The molecule has 2 bridgehead atoms. The van der Waals surface area contributed by atoms with Gasteiger partial charge in [0, 0.05) is 24.6 Å². The van der Waals surface area contributed by atoms with E-state index in [2.05, 4.69) is 4.90 Å². The summed E-state index contributed by atoms with van der Waals surface area (Å²) in [6.07, 6.45) is 1.82. The first-order valence-electron chi connectivity index (χ1n) is 12.8. The number of hydrogen-bond donors (Lipinski definition) is 4. The number of phenolic OH excluding ortho intramolecular Hbond substituents is 1. The number of benzene rings is 2. The van der Waals surface area contributed by atoms with Crippen LogP contribution in [0.3, 0.4) is 0 Å². The van der Waals surface area contributed by atoms with Gasteiger partial charge in [-0.3, -0.25) is 9.69 Å². The van der Waals surface area contributed by atoms with Crippen LogP contribution in [0.25, 0.3) is 0 Å². The second kappa shape index (κ2) is 7.88. The lowest BCUT2D eigenvalue weighted by atomic mass is 9.49. The topological polar surface area (TPSA) is 136 Å². The third-order valence-corrected chi connectivity index (χ3v) is 11.0. The van der Waals surface area contributed by atoms with Crippen molar-refractivity contribution < 1.29 is 33.3 Å². The summed E-state index contributed by atoms with van der Waals surface area (Å²) in [5.74, 6) is -0.812. The molecule has 7 rings (SSSR count). The zero-order valence-electron chi connectivity index (χ0n) is 20.4. The van der Waals surface area contributed by atoms with Gasteiger partial charge in [0.1, 0.15) is 10.7 Å². The van der Waals surface area contributed by atoms with Crippen molar-refractivity contribution in [3.8, 4) is 11.5 Å². The smallest absolute Gasteiger partial charge is 0.265 e. The minimum absolute atomic E-state index is 0.0534. The van der Waals surface area contributed by atoms with E-state index in [1.165, 1.54) is 18.2 Å². The lowest BCUT2D eigenvalue weighted by Crippen LogP contribution is -2.75. The maximum absolute atomic E-state index is 13.5. The molecule has 1 saturated carbocycles. The maximum Gasteiger partial charge on any atom is 0.265 e. The molecule has 38 heavy (non-hydrogen) atoms. The van der Waals surface area contributed by atoms with E-state index >= 15 is 0 Å². The number of sulfonamides is 1. The number of amides is 1. The van der Waals surface area contributed by atoms with Crippen LogP contribution in [0.15, 0.2) is 52.6 Å². The first-order valence-corrected chi connectivity index (χ1v) is 14.6. The number of ether oxygens (including phenoxy) is 1. The average Bonchev–Trinajstić information content (AvgIpc) is 3.61. The number of aliphatic hydroxyl groups is 2. The largest absolute Gasteiger partial charge is 0.508 e. The van der Waals surface area contributed by atoms with E-state index in [1.807, 2.05) is 10.8 Å². The van der Waals surface area contributed by atoms with Gasteiger partial charge in [-0.25, -0.2) is 13.1 Å². The molecule has 2 aliphatic heterocycles. The number of halogens is 1. The molecule has 9 nitrogen and oxygen atoms in total. The Morgan fingerprint density at radius 2 is 1.95 bits per heavy atom. The summed E-state index contributed by atoms with van der Waals surface area (Å²) in [6, 6.07) is 8.75. The fraction of sp³-hybridized carbons (Fsp3) is 0.444. The number of carbonyl (C=O) groups is 1. The Balaban J connectivity index is 1.34. The molecule has 3 aliphatic carbocycles. The molecule has 2 fully saturated rings. The lowest BCUT2D eigenvalue weighted by Gasteiger charge is -2.62. The lowest BCUT2D eigenvalue weighted by molar-refractivity contribution is -0.172. The molecule has 5 aliphatic rings. The summed E-state index contributed by atoms with van der Waals surface area (Å²) in [5.41, 5.74) is -1.24. The van der Waals surface area contributed by atoms with E-state index in [4.69, 9.17) is 16.3 Å². The number of aliphatic hydroxyl groups excluding tert-OH is 1. The molecule has 11 heteroatoms. The number of likely N-dealkylation sites (tertiary alicyclic amines) is 1. The van der Waals surface area contributed by atoms with E-state index in [0.29, 0.717) is 30.9 Å². The van der Waals surface area contributed by atoms with Gasteiger partial charge in [-0.2, -0.15) is 0 Å². The SMILES string of the molecule is O=C(NS(=O)(=O)c1ccccc1Cl)C1=C(O)[C@@H]2Oc3c(O)ccc4c3[C@@]23CCN(CC2CC2)[C@H](C4)[C@]3(O)C1. The number of piperidine rings is 1. The van der Waals surface area contributed by atoms with Gasteiger partial charge in [-0.05, 0) is 61.9 Å². The standard InChI is InChI=1S/C27H27ClN2O7S/c28-17-3-1-2-4-19(17)38(35,36)29-25(33)16-12-27(34)20-11-15-7-8-18(31)23-21(15)26(27,24(37-23)22(16)32)9-10-30(20)13-14-5-6-14/h1-4,7-8,14,20,24,31-32,34H,5-6,9-13H2,(H,29,33)/t20-,24+,26+,27-/m1/s1. The number of aromatic hydroxyl groups is 1. The van der Waals surface area contributed by atoms with Crippen molar-refractivity contribution in [3.63, 3.8) is 0 Å². The van der Waals surface area contributed by atoms with Crippen LogP contribution in [0.2, 0.25) is 5.02 Å². The van der Waals surface area contributed by atoms with E-state index in [0.717, 1.165) is 24.9 Å². The van der Waals surface area contributed by atoms with Gasteiger partial charge in [-0.1, -0.05) is 29.8 Å². The zero-order valence-corrected chi connectivity index (χ0v) is 21.9. The van der Waals surface area contributed by atoms with Crippen molar-refractivity contribution in [2.24, 2.45) is 5.92 Å². The number of phenols is 1. The molecule has 200 valence electrons. The predicted molar refractivity (Wildman–Crippen MR) is 137 cm³/mol. The number of nitrogens with one attached hydrogen (secondary N) is 1. The van der Waals surface area contributed by atoms with Crippen molar-refractivity contribution in [1.82, 2.24) is 9.62 Å². The quantitative estimate of drug-likeness (QED) is 0.439. The molecule has 2 aromatic carbocycles. The normalized spacial score (nSPS) is 31.5. The Labute approximate surface area is 224 Å². The van der Waals surface area contributed by atoms with Crippen LogP contribution in [-0.2, 0) is 26.7 Å². The first-order chi connectivity index (χ1) is 18.1. The van der Waals surface area contributed by atoms with E-state index in [1.54, 1.807) is 12.1 Å². The Morgan fingerprint density at radius 3 is 2.68 bits per heavy atom. The third-order valence-electron chi connectivity index (χ3n) is 9.14. The van der Waals surface area contributed by atoms with Gasteiger partial charge in [-0.15, -0.1) is 0 Å². The van der Waals surface area contributed by atoms with Gasteiger partial charge in [0.2, 0.25) is 0 Å². The Morgan fingerprint density at radius 1 is 1.18 bits per heavy atom. The van der Waals surface area contributed by atoms with Crippen LogP contribution >= 0.6 is 11.6 Å². The molecule has 2 heterocycles. The van der Waals surface area contributed by atoms with E-state index in [9.17, 15) is 28.5 Å². The Bertz CT molecular complexity index is 1540. The molecule has 1 saturated heterocycles. The van der Waals surface area contributed by atoms with Crippen LogP contribution < -0.4 is 9.46 Å². The van der Waals surface area contributed by atoms with Crippen LogP contribution in [0.5, 0.6) is 11.5 Å². The van der Waals surface area contributed by atoms with Crippen LogP contribution in [0, 0.1) is 5.92 Å². The fourth-order valence-corrected chi connectivity index (χ4v) is 8.77. The Kier molecular flexibility index (Phi) is 5.03. The Hall–Kier alpha value is -2.79. The maximum atomic E-state index is 13.5. The monoisotopic (exact) mass is 558 g/mol. The van der Waals surface area contributed by atoms with Crippen LogP contribution in [0.4, 0.5) is 0 Å². The van der Waals surface area contributed by atoms with Crippen LogP contribution in [-0.4, -0.2) is 65.4 Å². The molecule has 0 aromatic heterocycles. The highest BCUT2D eigenvalue weighted by molar-refractivity contribution is 7.90. The van der Waals surface area contributed by atoms with Crippen molar-refractivity contribution in [1.29, 1.82) is 0 Å². The predicted octanol–water partition coefficient (Wildman–Crippen LogP) is 2.54. The molecule has 0 radical (unpaired) electrons. The summed E-state index contributed by atoms with van der Waals surface area (Å²) >= 11 is 6.07. The molecular weight excluding hydrogens is 532 g/mol. The second-order valence-electron chi connectivity index (χ2n) is 11.2. The van der Waals surface area contributed by atoms with Crippen molar-refractivity contribution in [2.45, 2.75) is 60.2 Å². The van der Waals surface area contributed by atoms with Gasteiger partial charge < -0.3 is 20.1 Å². The number of carbonyl (C=O) groups excluding carboxylic acids is 1. The highest BCUT2D eigenvalue weighted by Crippen LogP contribution is 2.66. The van der Waals surface area contributed by atoms with E-state index in [-0.39, 0.29) is 39.5 Å². The molecule has 4 N–H and O–H groups in total. The molecule has 2 aromatic rings. The van der Waals surface area contributed by atoms with Crippen LogP contribution in [0.1, 0.15) is 36.8 Å². The highest BCUT2D eigenvalue weighted by atomic mass is 35.5. The molecular formula is C27H27ClN2O7S. The number of nitrogens with zero attached hydrogens (tertiary/aromatic N) is 1. The summed E-state index contributed by atoms with van der Waals surface area (Å²) in [7, 11) is -4.37. The zero-order chi connectivity index (χ0) is 26.6. The van der Waals surface area contributed by atoms with E-state index < -0.39 is 38.8 Å². The number of hydrogen-bond acceptors (Lipinski definition) is 8. The summed E-state index contributed by atoms with van der Waals surface area (Å²) in [5, 5.41) is 34.6. The average molecular weight is 559 g/mol. The van der Waals surface area contributed by atoms with Gasteiger partial charge in [0.15, 0.2) is 17.6 Å². The summed E-state index contributed by atoms with van der Waals surface area (Å²) in [6.45, 7) is 1.50. The second-order valence-corrected chi connectivity index (χ2v) is 13.2. The fourth-order valence-electron chi connectivity index (χ4n) is 7.27. The third kappa shape index (κ3) is 3.11. The van der Waals surface area contributed by atoms with Gasteiger partial charge in [0.05, 0.1) is 21.6 Å². The number of rotatable bonds is 5. The minimum atomic E-state index is -4.37. The summed E-state index contributed by atoms with van der Waals surface area (Å²) in [4.78, 5) is 15.5. The van der Waals surface area contributed by atoms with Crippen molar-refractivity contribution in [2.75, 3.05) is 13.1 Å². The molecule has 1 spiro atoms. The molecule has 0 unspecified atom stereocenters. The molecule has 4 atom stereocenters. The van der Waals surface area contributed by atoms with Crippen molar-refractivity contribution >= 4 is 27.5 Å². The van der Waals surface area contributed by atoms with Crippen molar-refractivity contribution in [3.05, 3.63) is 63.9 Å². The highest BCUT2D eigenvalue weighted by Gasteiger charge is 2.73. The molecule has 1 amide bonds. The summed E-state index contributed by atoms with van der Waals surface area (Å²) < 4.78 is 34.2. The van der Waals surface area contributed by atoms with Gasteiger partial charge in [0.25, 0.3) is 15.9 Å². The minimum Gasteiger partial charge on any atom is -0.508 e.